The first-order valence-electron chi connectivity index (χ1n) is 10.4. The van der Waals surface area contributed by atoms with Gasteiger partial charge in [-0.05, 0) is 103 Å². The van der Waals surface area contributed by atoms with Crippen molar-refractivity contribution >= 4 is 7.32 Å². The molecule has 0 saturated carbocycles. The lowest BCUT2D eigenvalue weighted by atomic mass is 9.63. The van der Waals surface area contributed by atoms with E-state index < -0.39 is 12.7 Å². The minimum atomic E-state index is -1.89. The Kier molecular flexibility index (Phi) is 7.44. The van der Waals surface area contributed by atoms with Crippen molar-refractivity contribution in [1.29, 1.82) is 0 Å². The van der Waals surface area contributed by atoms with Crippen LogP contribution >= 0.6 is 0 Å². The second kappa shape index (κ2) is 9.90. The van der Waals surface area contributed by atoms with E-state index in [1.54, 1.807) is 39.0 Å². The predicted octanol–water partition coefficient (Wildman–Crippen LogP) is 5.13. The summed E-state index contributed by atoms with van der Waals surface area (Å²) in [5.74, 6) is -1.13. The molecule has 0 aliphatic carbocycles. The molecule has 2 N–H and O–H groups in total. The summed E-state index contributed by atoms with van der Waals surface area (Å²) in [6.45, 7) is 5.47. The first kappa shape index (κ1) is 24.0. The fourth-order valence-electron chi connectivity index (χ4n) is 4.68. The first-order chi connectivity index (χ1) is 15.1. The zero-order valence-corrected chi connectivity index (χ0v) is 18.3. The van der Waals surface area contributed by atoms with Crippen LogP contribution in [0.4, 0.5) is 13.2 Å². The Morgan fingerprint density at radius 2 is 1.09 bits per heavy atom. The van der Waals surface area contributed by atoms with Gasteiger partial charge in [-0.25, -0.2) is 13.2 Å². The van der Waals surface area contributed by atoms with Crippen LogP contribution in [0.2, 0.25) is 0 Å². The summed E-state index contributed by atoms with van der Waals surface area (Å²) in [4.78, 5) is 0. The molecule has 0 unspecified atom stereocenters. The largest absolute Gasteiger partial charge is 0.633 e. The van der Waals surface area contributed by atoms with Crippen molar-refractivity contribution in [3.05, 3.63) is 105 Å². The van der Waals surface area contributed by atoms with Crippen molar-refractivity contribution in [2.75, 3.05) is 6.61 Å². The number of aryl methyl sites for hydroxylation is 3. The fraction of sp³-hybridized carbons (Fsp3) is 0.280. The van der Waals surface area contributed by atoms with Crippen molar-refractivity contribution in [3.63, 3.8) is 0 Å². The molecule has 0 aliphatic rings. The SMILES string of the molecule is Cc1cc(F)ccc1C(CCCOB(O)O)(c1ccc(F)cc1C)c1ccc(F)cc1C. The zero-order chi connectivity index (χ0) is 23.5. The van der Waals surface area contributed by atoms with Crippen LogP contribution < -0.4 is 0 Å². The molecule has 168 valence electrons. The van der Waals surface area contributed by atoms with Crippen LogP contribution in [-0.4, -0.2) is 24.0 Å². The smallest absolute Gasteiger partial charge is 0.402 e. The van der Waals surface area contributed by atoms with Gasteiger partial charge in [0.15, 0.2) is 0 Å². The van der Waals surface area contributed by atoms with E-state index in [1.807, 2.05) is 0 Å². The predicted molar refractivity (Wildman–Crippen MR) is 119 cm³/mol. The Bertz CT molecular complexity index is 977. The molecule has 0 bridgehead atoms. The van der Waals surface area contributed by atoms with Gasteiger partial charge in [0, 0.05) is 12.0 Å². The Morgan fingerprint density at radius 3 is 1.41 bits per heavy atom. The zero-order valence-electron chi connectivity index (χ0n) is 18.3. The highest BCUT2D eigenvalue weighted by Crippen LogP contribution is 2.47. The van der Waals surface area contributed by atoms with Crippen LogP contribution in [0.5, 0.6) is 0 Å². The third-order valence-corrected chi connectivity index (χ3v) is 5.91. The van der Waals surface area contributed by atoms with Crippen molar-refractivity contribution < 1.29 is 27.9 Å². The van der Waals surface area contributed by atoms with Crippen molar-refractivity contribution in [1.82, 2.24) is 0 Å². The van der Waals surface area contributed by atoms with Gasteiger partial charge >= 0.3 is 7.32 Å². The normalized spacial score (nSPS) is 11.6. The molecular weight excluding hydrogens is 416 g/mol. The van der Waals surface area contributed by atoms with E-state index in [9.17, 15) is 13.2 Å². The molecule has 0 atom stereocenters. The van der Waals surface area contributed by atoms with Gasteiger partial charge in [-0.2, -0.15) is 0 Å². The number of hydrogen-bond donors (Lipinski definition) is 2. The first-order valence-corrected chi connectivity index (χ1v) is 10.4. The van der Waals surface area contributed by atoms with Gasteiger partial charge in [0.05, 0.1) is 0 Å². The fourth-order valence-corrected chi connectivity index (χ4v) is 4.68. The summed E-state index contributed by atoms with van der Waals surface area (Å²) >= 11 is 0. The number of benzene rings is 3. The minimum absolute atomic E-state index is 0.0557. The van der Waals surface area contributed by atoms with E-state index in [0.29, 0.717) is 29.5 Å². The van der Waals surface area contributed by atoms with Gasteiger partial charge in [-0.3, -0.25) is 0 Å². The van der Waals surface area contributed by atoms with E-state index in [-0.39, 0.29) is 24.1 Å². The maximum Gasteiger partial charge on any atom is 0.633 e. The minimum Gasteiger partial charge on any atom is -0.402 e. The van der Waals surface area contributed by atoms with Crippen LogP contribution in [0.1, 0.15) is 46.2 Å². The monoisotopic (exact) mass is 442 g/mol. The average molecular weight is 442 g/mol. The number of hydrogen-bond acceptors (Lipinski definition) is 3. The molecule has 3 rings (SSSR count). The summed E-state index contributed by atoms with van der Waals surface area (Å²) in [6.07, 6.45) is 0.827. The molecule has 3 aromatic carbocycles. The average Bonchev–Trinajstić information content (AvgIpc) is 2.69. The van der Waals surface area contributed by atoms with Crippen LogP contribution in [0.25, 0.3) is 0 Å². The lowest BCUT2D eigenvalue weighted by Gasteiger charge is -2.39. The maximum absolute atomic E-state index is 14.0. The third-order valence-electron chi connectivity index (χ3n) is 5.91. The van der Waals surface area contributed by atoms with E-state index in [4.69, 9.17) is 14.7 Å². The molecule has 0 radical (unpaired) electrons. The molecular formula is C25H26BF3O3. The molecule has 0 heterocycles. The summed E-state index contributed by atoms with van der Waals surface area (Å²) in [7, 11) is -1.89. The molecule has 3 nitrogen and oxygen atoms in total. The second-order valence-corrected chi connectivity index (χ2v) is 8.08. The van der Waals surface area contributed by atoms with E-state index >= 15 is 0 Å². The summed E-state index contributed by atoms with van der Waals surface area (Å²) in [5.41, 5.74) is 3.60. The van der Waals surface area contributed by atoms with Crippen LogP contribution in [0.3, 0.4) is 0 Å². The Labute approximate surface area is 186 Å². The van der Waals surface area contributed by atoms with E-state index in [1.165, 1.54) is 36.4 Å². The number of rotatable bonds is 8. The van der Waals surface area contributed by atoms with Gasteiger partial charge in [0.25, 0.3) is 0 Å². The van der Waals surface area contributed by atoms with Crippen molar-refractivity contribution in [3.8, 4) is 0 Å². The van der Waals surface area contributed by atoms with Crippen LogP contribution in [-0.2, 0) is 10.1 Å². The Balaban J connectivity index is 2.33. The van der Waals surface area contributed by atoms with Gasteiger partial charge in [0.1, 0.15) is 17.5 Å². The van der Waals surface area contributed by atoms with E-state index in [0.717, 1.165) is 16.7 Å². The van der Waals surface area contributed by atoms with Crippen LogP contribution in [0.15, 0.2) is 54.6 Å². The topological polar surface area (TPSA) is 49.7 Å². The summed E-state index contributed by atoms with van der Waals surface area (Å²) < 4.78 is 47.0. The van der Waals surface area contributed by atoms with Crippen LogP contribution in [0, 0.1) is 38.2 Å². The lowest BCUT2D eigenvalue weighted by Crippen LogP contribution is -2.33. The maximum atomic E-state index is 14.0. The second-order valence-electron chi connectivity index (χ2n) is 8.08. The molecule has 0 amide bonds. The summed E-state index contributed by atoms with van der Waals surface area (Å²) in [5, 5.41) is 18.1. The molecule has 0 aliphatic heterocycles. The molecule has 0 fully saturated rings. The number of halogens is 3. The molecule has 32 heavy (non-hydrogen) atoms. The molecule has 0 saturated heterocycles. The molecule has 3 aromatic rings. The van der Waals surface area contributed by atoms with Gasteiger partial charge in [-0.15, -0.1) is 0 Å². The highest BCUT2D eigenvalue weighted by molar-refractivity contribution is 6.32. The summed E-state index contributed by atoms with van der Waals surface area (Å²) in [6, 6.07) is 13.6. The molecule has 0 spiro atoms. The Morgan fingerprint density at radius 1 is 0.719 bits per heavy atom. The molecule has 0 aromatic heterocycles. The third kappa shape index (κ3) is 4.90. The quantitative estimate of drug-likeness (QED) is 0.289. The standard InChI is InChI=1S/C25H26BF3O3/c1-16-13-19(27)5-8-22(16)25(11-4-12-32-26(30)31,23-9-6-20(28)14-17(23)2)24-10-7-21(29)15-18(24)3/h5-10,13-15,30-31H,4,11-12H2,1-3H3. The van der Waals surface area contributed by atoms with Gasteiger partial charge < -0.3 is 14.7 Å². The van der Waals surface area contributed by atoms with Gasteiger partial charge in [0.2, 0.25) is 0 Å². The van der Waals surface area contributed by atoms with Crippen molar-refractivity contribution in [2.24, 2.45) is 0 Å². The van der Waals surface area contributed by atoms with Gasteiger partial charge in [-0.1, -0.05) is 18.2 Å². The van der Waals surface area contributed by atoms with Crippen molar-refractivity contribution in [2.45, 2.75) is 39.0 Å². The highest BCUT2D eigenvalue weighted by Gasteiger charge is 2.39. The Hall–Kier alpha value is -2.61. The van der Waals surface area contributed by atoms with E-state index in [2.05, 4.69) is 0 Å². The highest BCUT2D eigenvalue weighted by atomic mass is 19.1. The molecule has 7 heteroatoms. The lowest BCUT2D eigenvalue weighted by molar-refractivity contribution is 0.179.